The normalized spacial score (nSPS) is 11.6. The predicted octanol–water partition coefficient (Wildman–Crippen LogP) is 2.19. The summed E-state index contributed by atoms with van der Waals surface area (Å²) in [6.45, 7) is 2.28. The van der Waals surface area contributed by atoms with Crippen molar-refractivity contribution in [1.29, 1.82) is 0 Å². The zero-order valence-electron chi connectivity index (χ0n) is 9.88. The lowest BCUT2D eigenvalue weighted by Gasteiger charge is -2.23. The van der Waals surface area contributed by atoms with E-state index in [2.05, 4.69) is 10.3 Å². The highest BCUT2D eigenvalue weighted by molar-refractivity contribution is 5.51. The number of anilines is 1. The van der Waals surface area contributed by atoms with E-state index in [1.165, 1.54) is 18.1 Å². The molecular formula is C11H16F3N3. The molecule has 0 amide bonds. The van der Waals surface area contributed by atoms with Crippen molar-refractivity contribution in [2.75, 3.05) is 25.0 Å². The summed E-state index contributed by atoms with van der Waals surface area (Å²) in [6, 6.07) is 1.73. The first kappa shape index (κ1) is 13.8. The zero-order chi connectivity index (χ0) is 12.9. The van der Waals surface area contributed by atoms with Gasteiger partial charge in [0.15, 0.2) is 0 Å². The van der Waals surface area contributed by atoms with Gasteiger partial charge in [0.05, 0.1) is 11.9 Å². The fourth-order valence-electron chi connectivity index (χ4n) is 1.52. The Morgan fingerprint density at radius 1 is 1.41 bits per heavy atom. The van der Waals surface area contributed by atoms with Crippen LogP contribution in [-0.2, 0) is 6.54 Å². The quantitative estimate of drug-likeness (QED) is 0.864. The minimum atomic E-state index is -4.21. The van der Waals surface area contributed by atoms with Gasteiger partial charge in [0.1, 0.15) is 6.54 Å². The van der Waals surface area contributed by atoms with Crippen LogP contribution in [0.2, 0.25) is 0 Å². The minimum absolute atomic E-state index is 0.505. The van der Waals surface area contributed by atoms with E-state index < -0.39 is 12.7 Å². The molecule has 0 aliphatic carbocycles. The maximum atomic E-state index is 12.3. The number of aromatic nitrogens is 1. The van der Waals surface area contributed by atoms with Gasteiger partial charge in [-0.2, -0.15) is 13.2 Å². The third kappa shape index (κ3) is 4.60. The number of halogens is 3. The summed E-state index contributed by atoms with van der Waals surface area (Å²) in [7, 11) is 1.42. The molecule has 0 aromatic carbocycles. The van der Waals surface area contributed by atoms with Gasteiger partial charge in [-0.15, -0.1) is 0 Å². The number of nitrogens with one attached hydrogen (secondary N) is 1. The average molecular weight is 247 g/mol. The van der Waals surface area contributed by atoms with Crippen LogP contribution in [0.5, 0.6) is 0 Å². The molecule has 0 spiro atoms. The van der Waals surface area contributed by atoms with Crippen molar-refractivity contribution >= 4 is 5.69 Å². The molecule has 0 aliphatic heterocycles. The summed E-state index contributed by atoms with van der Waals surface area (Å²) in [5.41, 5.74) is 1.32. The lowest BCUT2D eigenvalue weighted by Crippen LogP contribution is -2.32. The van der Waals surface area contributed by atoms with Crippen LogP contribution in [0.25, 0.3) is 0 Å². The van der Waals surface area contributed by atoms with E-state index >= 15 is 0 Å². The monoisotopic (exact) mass is 247 g/mol. The lowest BCUT2D eigenvalue weighted by atomic mass is 10.2. The van der Waals surface area contributed by atoms with Crippen molar-refractivity contribution < 1.29 is 13.2 Å². The molecule has 1 aromatic rings. The summed E-state index contributed by atoms with van der Waals surface area (Å²) in [4.78, 5) is 5.03. The number of rotatable bonds is 5. The van der Waals surface area contributed by atoms with Crippen LogP contribution in [-0.4, -0.2) is 31.3 Å². The molecule has 17 heavy (non-hydrogen) atoms. The Bertz CT molecular complexity index is 352. The van der Waals surface area contributed by atoms with Gasteiger partial charge in [-0.3, -0.25) is 4.98 Å². The molecule has 1 heterocycles. The van der Waals surface area contributed by atoms with Gasteiger partial charge in [0, 0.05) is 19.8 Å². The number of nitrogens with zero attached hydrogens (tertiary/aromatic N) is 2. The third-order valence-electron chi connectivity index (χ3n) is 2.28. The van der Waals surface area contributed by atoms with Gasteiger partial charge >= 0.3 is 6.18 Å². The van der Waals surface area contributed by atoms with Crippen molar-refractivity contribution in [3.63, 3.8) is 0 Å². The first-order valence-electron chi connectivity index (χ1n) is 5.35. The molecule has 0 bridgehead atoms. The van der Waals surface area contributed by atoms with E-state index in [9.17, 15) is 13.2 Å². The van der Waals surface area contributed by atoms with Crippen LogP contribution >= 0.6 is 0 Å². The van der Waals surface area contributed by atoms with Crippen LogP contribution in [0.4, 0.5) is 18.9 Å². The molecule has 0 aliphatic rings. The topological polar surface area (TPSA) is 28.2 Å². The Balaban J connectivity index is 2.81. The van der Waals surface area contributed by atoms with Crippen molar-refractivity contribution in [3.8, 4) is 0 Å². The number of hydrogen-bond acceptors (Lipinski definition) is 3. The van der Waals surface area contributed by atoms with Crippen LogP contribution < -0.4 is 10.2 Å². The summed E-state index contributed by atoms with van der Waals surface area (Å²) in [6.07, 6.45) is -1.17. The van der Waals surface area contributed by atoms with E-state index in [1.54, 1.807) is 12.3 Å². The maximum Gasteiger partial charge on any atom is 0.405 e. The maximum absolute atomic E-state index is 12.3. The van der Waals surface area contributed by atoms with Gasteiger partial charge in [-0.25, -0.2) is 0 Å². The summed E-state index contributed by atoms with van der Waals surface area (Å²) < 4.78 is 36.9. The Morgan fingerprint density at radius 3 is 2.71 bits per heavy atom. The number of pyridine rings is 1. The third-order valence-corrected chi connectivity index (χ3v) is 2.28. The lowest BCUT2D eigenvalue weighted by molar-refractivity contribution is -0.119. The van der Waals surface area contributed by atoms with Crippen molar-refractivity contribution in [1.82, 2.24) is 10.3 Å². The Hall–Kier alpha value is -1.30. The standard InChI is InChI=1S/C11H16F3N3/c1-3-15-6-9-4-5-16-7-10(9)17(2)8-11(12,13)14/h4-5,7,15H,3,6,8H2,1-2H3. The largest absolute Gasteiger partial charge is 0.405 e. The van der Waals surface area contributed by atoms with E-state index in [4.69, 9.17) is 0 Å². The van der Waals surface area contributed by atoms with E-state index in [-0.39, 0.29) is 0 Å². The van der Waals surface area contributed by atoms with Crippen molar-refractivity contribution in [3.05, 3.63) is 24.0 Å². The highest BCUT2D eigenvalue weighted by Crippen LogP contribution is 2.23. The fraction of sp³-hybridized carbons (Fsp3) is 0.545. The Kier molecular flexibility index (Phi) is 4.74. The zero-order valence-corrected chi connectivity index (χ0v) is 9.88. The molecule has 0 fully saturated rings. The van der Waals surface area contributed by atoms with Gasteiger partial charge in [-0.05, 0) is 18.2 Å². The van der Waals surface area contributed by atoms with Gasteiger partial charge in [0.25, 0.3) is 0 Å². The molecule has 3 nitrogen and oxygen atoms in total. The van der Waals surface area contributed by atoms with Gasteiger partial charge in [0.2, 0.25) is 0 Å². The Labute approximate surface area is 98.6 Å². The molecule has 0 atom stereocenters. The summed E-state index contributed by atoms with van der Waals surface area (Å²) >= 11 is 0. The summed E-state index contributed by atoms with van der Waals surface area (Å²) in [5.74, 6) is 0. The van der Waals surface area contributed by atoms with Gasteiger partial charge in [-0.1, -0.05) is 6.92 Å². The van der Waals surface area contributed by atoms with Crippen LogP contribution in [0.15, 0.2) is 18.5 Å². The fourth-order valence-corrected chi connectivity index (χ4v) is 1.52. The highest BCUT2D eigenvalue weighted by atomic mass is 19.4. The summed E-state index contributed by atoms with van der Waals surface area (Å²) in [5, 5.41) is 3.09. The van der Waals surface area contributed by atoms with E-state index in [0.717, 1.165) is 12.1 Å². The second kappa shape index (κ2) is 5.86. The van der Waals surface area contributed by atoms with Crippen LogP contribution in [0, 0.1) is 0 Å². The van der Waals surface area contributed by atoms with Crippen molar-refractivity contribution in [2.45, 2.75) is 19.6 Å². The molecule has 96 valence electrons. The first-order chi connectivity index (χ1) is 7.94. The van der Waals surface area contributed by atoms with E-state index in [1.807, 2.05) is 6.92 Å². The predicted molar refractivity (Wildman–Crippen MR) is 60.9 cm³/mol. The number of alkyl halides is 3. The molecule has 1 N–H and O–H groups in total. The molecular weight excluding hydrogens is 231 g/mol. The van der Waals surface area contributed by atoms with Crippen molar-refractivity contribution in [2.24, 2.45) is 0 Å². The molecule has 0 unspecified atom stereocenters. The molecule has 0 radical (unpaired) electrons. The molecule has 6 heteroatoms. The number of hydrogen-bond donors (Lipinski definition) is 1. The van der Waals surface area contributed by atoms with Crippen LogP contribution in [0.3, 0.4) is 0 Å². The Morgan fingerprint density at radius 2 is 2.12 bits per heavy atom. The smallest absolute Gasteiger partial charge is 0.364 e. The van der Waals surface area contributed by atoms with Crippen LogP contribution in [0.1, 0.15) is 12.5 Å². The molecule has 1 aromatic heterocycles. The van der Waals surface area contributed by atoms with Gasteiger partial charge < -0.3 is 10.2 Å². The molecule has 0 saturated carbocycles. The highest BCUT2D eigenvalue weighted by Gasteiger charge is 2.30. The first-order valence-corrected chi connectivity index (χ1v) is 5.35. The minimum Gasteiger partial charge on any atom is -0.364 e. The average Bonchev–Trinajstić information content (AvgIpc) is 2.24. The molecule has 0 saturated heterocycles. The second-order valence-corrected chi connectivity index (χ2v) is 3.76. The SMILES string of the molecule is CCNCc1ccncc1N(C)CC(F)(F)F. The molecule has 1 rings (SSSR count). The van der Waals surface area contributed by atoms with E-state index in [0.29, 0.717) is 12.2 Å². The second-order valence-electron chi connectivity index (χ2n) is 3.76.